The highest BCUT2D eigenvalue weighted by Crippen LogP contribution is 2.37. The van der Waals surface area contributed by atoms with Gasteiger partial charge in [-0.2, -0.15) is 0 Å². The third-order valence-corrected chi connectivity index (χ3v) is 4.32. The minimum atomic E-state index is -0.957. The van der Waals surface area contributed by atoms with E-state index in [9.17, 15) is 15.0 Å². The molecule has 0 aliphatic rings. The van der Waals surface area contributed by atoms with Crippen molar-refractivity contribution in [2.75, 3.05) is 6.61 Å². The summed E-state index contributed by atoms with van der Waals surface area (Å²) in [7, 11) is 0. The molecule has 0 heterocycles. The summed E-state index contributed by atoms with van der Waals surface area (Å²) in [4.78, 5) is 12.1. The summed E-state index contributed by atoms with van der Waals surface area (Å²) < 4.78 is 0. The second-order valence-corrected chi connectivity index (χ2v) is 5.88. The maximum atomic E-state index is 12.1. The molecule has 1 rings (SSSR count). The molecule has 2 atom stereocenters. The van der Waals surface area contributed by atoms with Gasteiger partial charge in [-0.05, 0) is 36.7 Å². The number of carbonyl (C=O) groups excluding carboxylic acids is 1. The topological polar surface area (TPSA) is 57.5 Å². The molecule has 1 aromatic rings. The van der Waals surface area contributed by atoms with Gasteiger partial charge in [0, 0.05) is 13.0 Å². The fourth-order valence-corrected chi connectivity index (χ4v) is 3.11. The Morgan fingerprint density at radius 2 is 1.95 bits per heavy atom. The van der Waals surface area contributed by atoms with E-state index in [4.69, 9.17) is 0 Å². The zero-order valence-electron chi connectivity index (χ0n) is 13.5. The zero-order chi connectivity index (χ0) is 16.4. The van der Waals surface area contributed by atoms with E-state index in [1.807, 2.05) is 18.2 Å². The molecule has 0 radical (unpaired) electrons. The van der Waals surface area contributed by atoms with Gasteiger partial charge in [0.25, 0.3) is 0 Å². The quantitative estimate of drug-likeness (QED) is 0.616. The van der Waals surface area contributed by atoms with Crippen molar-refractivity contribution in [3.05, 3.63) is 48.6 Å². The van der Waals surface area contributed by atoms with Gasteiger partial charge in [-0.1, -0.05) is 49.8 Å². The second kappa shape index (κ2) is 9.54. The lowest BCUT2D eigenvalue weighted by Crippen LogP contribution is -2.30. The molecular weight excluding hydrogens is 276 g/mol. The van der Waals surface area contributed by atoms with Gasteiger partial charge in [-0.15, -0.1) is 6.58 Å². The Morgan fingerprint density at radius 1 is 1.27 bits per heavy atom. The van der Waals surface area contributed by atoms with Gasteiger partial charge >= 0.3 is 0 Å². The predicted octanol–water partition coefficient (Wildman–Crippen LogP) is 3.39. The van der Waals surface area contributed by atoms with Crippen molar-refractivity contribution in [3.63, 3.8) is 0 Å². The lowest BCUT2D eigenvalue weighted by molar-refractivity contribution is -0.127. The van der Waals surface area contributed by atoms with Crippen LogP contribution in [0.4, 0.5) is 0 Å². The van der Waals surface area contributed by atoms with Gasteiger partial charge in [-0.25, -0.2) is 0 Å². The summed E-state index contributed by atoms with van der Waals surface area (Å²) in [5.41, 5.74) is 0.964. The molecule has 22 heavy (non-hydrogen) atoms. The van der Waals surface area contributed by atoms with Gasteiger partial charge in [-0.3, -0.25) is 4.79 Å². The molecule has 122 valence electrons. The number of hydrogen-bond acceptors (Lipinski definition) is 3. The van der Waals surface area contributed by atoms with Crippen molar-refractivity contribution in [1.82, 2.24) is 0 Å². The number of aliphatic hydroxyl groups is 2. The van der Waals surface area contributed by atoms with Crippen LogP contribution in [-0.4, -0.2) is 28.7 Å². The predicted molar refractivity (Wildman–Crippen MR) is 89.8 cm³/mol. The SMILES string of the molecule is C=CCC(O)C(=O)CCC(CCC)(CCO)c1ccccc1. The van der Waals surface area contributed by atoms with Crippen LogP contribution in [0.3, 0.4) is 0 Å². The first-order valence-electron chi connectivity index (χ1n) is 8.07. The van der Waals surface area contributed by atoms with Crippen molar-refractivity contribution in [3.8, 4) is 0 Å². The molecule has 0 saturated carbocycles. The Hall–Kier alpha value is -1.45. The van der Waals surface area contributed by atoms with Gasteiger partial charge in [0.1, 0.15) is 6.10 Å². The maximum absolute atomic E-state index is 12.1. The molecule has 0 bridgehead atoms. The number of ketones is 1. The van der Waals surface area contributed by atoms with Gasteiger partial charge in [0.2, 0.25) is 0 Å². The van der Waals surface area contributed by atoms with E-state index >= 15 is 0 Å². The average Bonchev–Trinajstić information content (AvgIpc) is 2.53. The summed E-state index contributed by atoms with van der Waals surface area (Å²) in [6, 6.07) is 10.1. The lowest BCUT2D eigenvalue weighted by Gasteiger charge is -2.34. The van der Waals surface area contributed by atoms with Gasteiger partial charge < -0.3 is 10.2 Å². The zero-order valence-corrected chi connectivity index (χ0v) is 13.5. The molecule has 3 heteroatoms. The van der Waals surface area contributed by atoms with Crippen LogP contribution >= 0.6 is 0 Å². The van der Waals surface area contributed by atoms with Crippen LogP contribution in [0.15, 0.2) is 43.0 Å². The minimum Gasteiger partial charge on any atom is -0.396 e. The first-order chi connectivity index (χ1) is 10.6. The molecule has 0 saturated heterocycles. The number of aliphatic hydroxyl groups excluding tert-OH is 2. The van der Waals surface area contributed by atoms with Crippen molar-refractivity contribution >= 4 is 5.78 Å². The number of benzene rings is 1. The summed E-state index contributed by atoms with van der Waals surface area (Å²) >= 11 is 0. The van der Waals surface area contributed by atoms with Crippen molar-refractivity contribution in [1.29, 1.82) is 0 Å². The van der Waals surface area contributed by atoms with E-state index in [1.54, 1.807) is 6.08 Å². The van der Waals surface area contributed by atoms with Crippen molar-refractivity contribution in [2.24, 2.45) is 0 Å². The van der Waals surface area contributed by atoms with Gasteiger partial charge in [0.05, 0.1) is 0 Å². The highest BCUT2D eigenvalue weighted by Gasteiger charge is 2.31. The van der Waals surface area contributed by atoms with E-state index in [1.165, 1.54) is 0 Å². The first-order valence-corrected chi connectivity index (χ1v) is 8.07. The normalized spacial score (nSPS) is 15.0. The lowest BCUT2D eigenvalue weighted by atomic mass is 9.70. The molecule has 1 aromatic carbocycles. The molecule has 0 aliphatic carbocycles. The fraction of sp³-hybridized carbons (Fsp3) is 0.526. The monoisotopic (exact) mass is 304 g/mol. The van der Waals surface area contributed by atoms with Crippen LogP contribution in [-0.2, 0) is 10.2 Å². The van der Waals surface area contributed by atoms with Crippen LogP contribution in [0.1, 0.15) is 51.0 Å². The summed E-state index contributed by atoms with van der Waals surface area (Å²) in [6.07, 6.45) is 4.41. The van der Waals surface area contributed by atoms with Crippen molar-refractivity contribution < 1.29 is 15.0 Å². The Bertz CT molecular complexity index is 447. The fourth-order valence-electron chi connectivity index (χ4n) is 3.11. The Kier molecular flexibility index (Phi) is 8.07. The Balaban J connectivity index is 2.90. The largest absolute Gasteiger partial charge is 0.396 e. The molecule has 3 nitrogen and oxygen atoms in total. The third kappa shape index (κ3) is 5.08. The highest BCUT2D eigenvalue weighted by atomic mass is 16.3. The van der Waals surface area contributed by atoms with E-state index < -0.39 is 6.10 Å². The number of rotatable bonds is 11. The smallest absolute Gasteiger partial charge is 0.161 e. The first kappa shape index (κ1) is 18.6. The second-order valence-electron chi connectivity index (χ2n) is 5.88. The molecule has 0 aromatic heterocycles. The number of hydrogen-bond donors (Lipinski definition) is 2. The van der Waals surface area contributed by atoms with E-state index in [0.29, 0.717) is 25.7 Å². The summed E-state index contributed by atoms with van der Waals surface area (Å²) in [5, 5.41) is 19.3. The third-order valence-electron chi connectivity index (χ3n) is 4.32. The molecule has 2 unspecified atom stereocenters. The van der Waals surface area contributed by atoms with Crippen LogP contribution in [0, 0.1) is 0 Å². The Morgan fingerprint density at radius 3 is 2.50 bits per heavy atom. The maximum Gasteiger partial charge on any atom is 0.161 e. The highest BCUT2D eigenvalue weighted by molar-refractivity contribution is 5.83. The van der Waals surface area contributed by atoms with E-state index in [2.05, 4.69) is 25.6 Å². The molecule has 0 aliphatic heterocycles. The molecular formula is C19H28O3. The molecule has 0 amide bonds. The van der Waals surface area contributed by atoms with Crippen LogP contribution in [0.2, 0.25) is 0 Å². The number of carbonyl (C=O) groups is 1. The number of Topliss-reactive ketones (excluding diaryl/α,β-unsaturated/α-hetero) is 1. The van der Waals surface area contributed by atoms with Crippen molar-refractivity contribution in [2.45, 2.75) is 57.0 Å². The molecule has 2 N–H and O–H groups in total. The Labute approximate surface area is 133 Å². The van der Waals surface area contributed by atoms with Crippen LogP contribution < -0.4 is 0 Å². The van der Waals surface area contributed by atoms with E-state index in [0.717, 1.165) is 18.4 Å². The average molecular weight is 304 g/mol. The molecule has 0 spiro atoms. The summed E-state index contributed by atoms with van der Waals surface area (Å²) in [5.74, 6) is -0.144. The van der Waals surface area contributed by atoms with Crippen LogP contribution in [0.5, 0.6) is 0 Å². The standard InChI is InChI=1S/C19H28O3/c1-3-8-17(21)18(22)11-13-19(12-4-2,14-15-20)16-9-6-5-7-10-16/h3,5-7,9-10,17,20-21H,1,4,8,11-15H2,2H3. The molecule has 0 fully saturated rings. The minimum absolute atomic E-state index is 0.0955. The summed E-state index contributed by atoms with van der Waals surface area (Å²) in [6.45, 7) is 5.76. The van der Waals surface area contributed by atoms with E-state index in [-0.39, 0.29) is 17.8 Å². The van der Waals surface area contributed by atoms with Crippen LogP contribution in [0.25, 0.3) is 0 Å². The van der Waals surface area contributed by atoms with Gasteiger partial charge in [0.15, 0.2) is 5.78 Å².